The van der Waals surface area contributed by atoms with Crippen LogP contribution in [0.5, 0.6) is 5.75 Å². The molecule has 14 heteroatoms. The quantitative estimate of drug-likeness (QED) is 0.0729. The summed E-state index contributed by atoms with van der Waals surface area (Å²) in [5.41, 5.74) is 4.48. The van der Waals surface area contributed by atoms with Crippen molar-refractivity contribution in [3.63, 3.8) is 0 Å². The van der Waals surface area contributed by atoms with E-state index in [-0.39, 0.29) is 36.1 Å². The van der Waals surface area contributed by atoms with Crippen molar-refractivity contribution in [1.82, 2.24) is 18.7 Å². The third-order valence-corrected chi connectivity index (χ3v) is 12.4. The molecule has 0 N–H and O–H groups in total. The Kier molecular flexibility index (Phi) is 11.1. The van der Waals surface area contributed by atoms with Crippen molar-refractivity contribution in [1.29, 1.82) is 0 Å². The second-order valence-corrected chi connectivity index (χ2v) is 15.8. The van der Waals surface area contributed by atoms with Crippen LogP contribution in [0.3, 0.4) is 0 Å². The number of benzene rings is 4. The summed E-state index contributed by atoms with van der Waals surface area (Å²) in [5, 5.41) is 10.7. The lowest BCUT2D eigenvalue weighted by Crippen LogP contribution is -2.32. The number of esters is 1. The highest BCUT2D eigenvalue weighted by atomic mass is 35.5. The maximum atomic E-state index is 14.2. The van der Waals surface area contributed by atoms with E-state index < -0.39 is 16.0 Å². The highest BCUT2D eigenvalue weighted by Gasteiger charge is 2.34. The van der Waals surface area contributed by atoms with Gasteiger partial charge in [0.05, 0.1) is 36.0 Å². The van der Waals surface area contributed by atoms with E-state index in [0.29, 0.717) is 78.5 Å². The minimum Gasteiger partial charge on any atom is -0.493 e. The van der Waals surface area contributed by atoms with E-state index in [1.807, 2.05) is 48.9 Å². The Morgan fingerprint density at radius 2 is 1.76 bits per heavy atom. The average Bonchev–Trinajstić information content (AvgIpc) is 3.65. The summed E-state index contributed by atoms with van der Waals surface area (Å²) in [6.07, 6.45) is 2.55. The van der Waals surface area contributed by atoms with Gasteiger partial charge in [-0.05, 0) is 97.6 Å². The molecule has 0 saturated carbocycles. The van der Waals surface area contributed by atoms with Crippen molar-refractivity contribution in [2.45, 2.75) is 63.9 Å². The van der Waals surface area contributed by atoms with Crippen LogP contribution in [0.1, 0.15) is 60.5 Å². The molecule has 0 bridgehead atoms. The Morgan fingerprint density at radius 3 is 2.55 bits per heavy atom. The molecular formula is C41H41ClFN5O6S. The van der Waals surface area contributed by atoms with Crippen LogP contribution in [-0.4, -0.2) is 52.8 Å². The SMILES string of the molecule is CCOC(=O)c1c(CCCOc2cccc3cc(F)ccc23)c2ccc(Cl)c3c2n1CCCCN(S(=O)(=O)c1ccccc1N=O)Cc1nn(C)c(CC)c1-3. The molecule has 1 aliphatic heterocycles. The molecule has 6 aromatic rings. The summed E-state index contributed by atoms with van der Waals surface area (Å²) in [6, 6.07) is 19.8. The molecule has 3 heterocycles. The minimum atomic E-state index is -4.19. The fourth-order valence-corrected chi connectivity index (χ4v) is 9.55. The number of fused-ring (bicyclic) bond motifs is 3. The van der Waals surface area contributed by atoms with Crippen LogP contribution in [0, 0.1) is 10.7 Å². The number of nitroso groups, excluding NO2 is 1. The lowest BCUT2D eigenvalue weighted by atomic mass is 9.97. The van der Waals surface area contributed by atoms with Crippen molar-refractivity contribution in [2.24, 2.45) is 12.2 Å². The molecule has 1 aliphatic rings. The number of ether oxygens (including phenoxy) is 2. The first-order chi connectivity index (χ1) is 26.6. The fourth-order valence-electron chi connectivity index (χ4n) is 7.75. The maximum Gasteiger partial charge on any atom is 0.355 e. The Balaban J connectivity index is 1.34. The monoisotopic (exact) mass is 785 g/mol. The average molecular weight is 786 g/mol. The number of hydrogen-bond donors (Lipinski definition) is 0. The van der Waals surface area contributed by atoms with Gasteiger partial charge in [0.25, 0.3) is 0 Å². The van der Waals surface area contributed by atoms with Crippen molar-refractivity contribution in [3.05, 3.63) is 111 Å². The van der Waals surface area contributed by atoms with Gasteiger partial charge in [0, 0.05) is 47.7 Å². The largest absolute Gasteiger partial charge is 0.493 e. The highest BCUT2D eigenvalue weighted by Crippen LogP contribution is 2.44. The van der Waals surface area contributed by atoms with E-state index in [2.05, 4.69) is 5.18 Å². The van der Waals surface area contributed by atoms with Crippen molar-refractivity contribution < 1.29 is 27.1 Å². The number of halogens is 2. The van der Waals surface area contributed by atoms with Gasteiger partial charge in [-0.15, -0.1) is 4.91 Å². The van der Waals surface area contributed by atoms with E-state index in [0.717, 1.165) is 32.9 Å². The molecule has 0 amide bonds. The van der Waals surface area contributed by atoms with Crippen LogP contribution in [0.25, 0.3) is 32.8 Å². The third kappa shape index (κ3) is 7.12. The van der Waals surface area contributed by atoms with Crippen LogP contribution < -0.4 is 4.74 Å². The zero-order valence-electron chi connectivity index (χ0n) is 30.8. The van der Waals surface area contributed by atoms with E-state index in [1.165, 1.54) is 28.6 Å². The molecule has 0 saturated heterocycles. The topological polar surface area (TPSA) is 125 Å². The Hall–Kier alpha value is -5.11. The number of carbonyl (C=O) groups excluding carboxylic acids is 1. The predicted molar refractivity (Wildman–Crippen MR) is 211 cm³/mol. The summed E-state index contributed by atoms with van der Waals surface area (Å²) in [5.74, 6) is -0.137. The molecule has 0 spiro atoms. The van der Waals surface area contributed by atoms with Gasteiger partial charge in [0.2, 0.25) is 10.0 Å². The summed E-state index contributed by atoms with van der Waals surface area (Å²) in [7, 11) is -2.37. The Labute approximate surface area is 323 Å². The van der Waals surface area contributed by atoms with E-state index in [4.69, 9.17) is 26.2 Å². The lowest BCUT2D eigenvalue weighted by Gasteiger charge is -2.22. The summed E-state index contributed by atoms with van der Waals surface area (Å²) in [6.45, 7) is 4.70. The summed E-state index contributed by atoms with van der Waals surface area (Å²) < 4.78 is 59.4. The van der Waals surface area contributed by atoms with Gasteiger partial charge in [0.15, 0.2) is 0 Å². The third-order valence-electron chi connectivity index (χ3n) is 10.1. The lowest BCUT2D eigenvalue weighted by molar-refractivity contribution is 0.0512. The zero-order chi connectivity index (χ0) is 38.9. The standard InChI is InChI=1S/C41H41ClFN5O6S/c1-4-34-38-33(44-46(34)3)25-47(55(51,52)36-16-7-6-14-32(36)45-50)21-8-9-22-48-39-30(19-20-31(42)37(38)39)29(40(48)41(49)53-5-2)13-11-23-54-35-15-10-12-26-24-27(43)17-18-28(26)35/h6-7,10,12,14-20,24H,4-5,8-9,11,13,21-23,25H2,1-3H3. The van der Waals surface area contributed by atoms with Crippen LogP contribution in [0.2, 0.25) is 5.02 Å². The van der Waals surface area contributed by atoms with Gasteiger partial charge in [-0.3, -0.25) is 4.68 Å². The van der Waals surface area contributed by atoms with Crippen molar-refractivity contribution in [3.8, 4) is 16.9 Å². The number of hydrogen-bond acceptors (Lipinski definition) is 8. The Morgan fingerprint density at radius 1 is 0.982 bits per heavy atom. The maximum absolute atomic E-state index is 14.2. The molecule has 0 unspecified atom stereocenters. The first kappa shape index (κ1) is 38.2. The van der Waals surface area contributed by atoms with Gasteiger partial charge < -0.3 is 14.0 Å². The number of aryl methyl sites for hydroxylation is 3. The molecule has 0 radical (unpaired) electrons. The van der Waals surface area contributed by atoms with Crippen LogP contribution >= 0.6 is 11.6 Å². The first-order valence-electron chi connectivity index (χ1n) is 18.4. The van der Waals surface area contributed by atoms with Crippen molar-refractivity contribution in [2.75, 3.05) is 19.8 Å². The summed E-state index contributed by atoms with van der Waals surface area (Å²) >= 11 is 7.16. The number of carbonyl (C=O) groups is 1. The first-order valence-corrected chi connectivity index (χ1v) is 20.2. The molecule has 2 aromatic heterocycles. The van der Waals surface area contributed by atoms with Gasteiger partial charge in [-0.2, -0.15) is 9.40 Å². The summed E-state index contributed by atoms with van der Waals surface area (Å²) in [4.78, 5) is 25.5. The zero-order valence-corrected chi connectivity index (χ0v) is 32.4. The molecule has 11 nitrogen and oxygen atoms in total. The molecule has 286 valence electrons. The number of nitrogens with zero attached hydrogens (tertiary/aromatic N) is 5. The van der Waals surface area contributed by atoms with Gasteiger partial charge in [-0.1, -0.05) is 48.9 Å². The number of rotatable bonds is 11. The molecule has 0 atom stereocenters. The molecule has 0 fully saturated rings. The minimum absolute atomic E-state index is 0.0815. The van der Waals surface area contributed by atoms with E-state index in [9.17, 15) is 22.5 Å². The van der Waals surface area contributed by atoms with Crippen LogP contribution in [0.4, 0.5) is 10.1 Å². The smallest absolute Gasteiger partial charge is 0.355 e. The van der Waals surface area contributed by atoms with Crippen LogP contribution in [0.15, 0.2) is 82.9 Å². The van der Waals surface area contributed by atoms with Gasteiger partial charge in [0.1, 0.15) is 27.8 Å². The molecule has 4 aromatic carbocycles. The van der Waals surface area contributed by atoms with Crippen LogP contribution in [-0.2, 0) is 47.7 Å². The molecular weight excluding hydrogens is 745 g/mol. The van der Waals surface area contributed by atoms with Gasteiger partial charge in [-0.25, -0.2) is 17.6 Å². The van der Waals surface area contributed by atoms with E-state index >= 15 is 0 Å². The fraction of sp³-hybridized carbons (Fsp3) is 0.317. The second-order valence-electron chi connectivity index (χ2n) is 13.4. The molecule has 7 rings (SSSR count). The number of aromatic nitrogens is 3. The van der Waals surface area contributed by atoms with Gasteiger partial charge >= 0.3 is 5.97 Å². The molecule has 55 heavy (non-hydrogen) atoms. The predicted octanol–water partition coefficient (Wildman–Crippen LogP) is 9.12. The number of sulfonamides is 1. The Bertz CT molecular complexity index is 2550. The highest BCUT2D eigenvalue weighted by molar-refractivity contribution is 7.89. The normalized spacial score (nSPS) is 13.8. The van der Waals surface area contributed by atoms with Crippen molar-refractivity contribution >= 4 is 55.0 Å². The van der Waals surface area contributed by atoms with E-state index in [1.54, 1.807) is 29.8 Å². The second kappa shape index (κ2) is 15.9. The molecule has 0 aliphatic carbocycles.